The Morgan fingerprint density at radius 2 is 1.60 bits per heavy atom. The van der Waals surface area contributed by atoms with Crippen LogP contribution in [-0.4, -0.2) is 0 Å². The van der Waals surface area contributed by atoms with Crippen LogP contribution in [0.5, 0.6) is 0 Å². The molecule has 0 unspecified atom stereocenters. The molecule has 0 aliphatic carbocycles. The molecule has 2 nitrogen and oxygen atoms in total. The largest absolute Gasteiger partial charge is 0.399 e. The van der Waals surface area contributed by atoms with Crippen molar-refractivity contribution in [2.45, 2.75) is 4.90 Å². The van der Waals surface area contributed by atoms with Crippen molar-refractivity contribution in [1.29, 1.82) is 0 Å². The molecule has 0 bridgehead atoms. The molecule has 76 valence electrons. The summed E-state index contributed by atoms with van der Waals surface area (Å²) in [6, 6.07) is 13.5. The zero-order chi connectivity index (χ0) is 10.8. The van der Waals surface area contributed by atoms with Crippen molar-refractivity contribution >= 4 is 24.0 Å². The fourth-order valence-electron chi connectivity index (χ4n) is 1.44. The fraction of sp³-hybridized carbons (Fsp3) is 0. The normalized spacial score (nSPS) is 10.2. The molecule has 2 rings (SSSR count). The van der Waals surface area contributed by atoms with Crippen molar-refractivity contribution < 1.29 is 0 Å². The van der Waals surface area contributed by atoms with E-state index in [2.05, 4.69) is 12.6 Å². The molecule has 3 heteroatoms. The molecule has 0 atom stereocenters. The number of nitrogens with two attached hydrogens (primary N) is 2. The minimum atomic E-state index is 0.686. The number of anilines is 2. The molecule has 0 amide bonds. The van der Waals surface area contributed by atoms with Crippen LogP contribution in [0.2, 0.25) is 0 Å². The zero-order valence-electron chi connectivity index (χ0n) is 8.14. The van der Waals surface area contributed by atoms with Crippen molar-refractivity contribution in [3.05, 3.63) is 42.5 Å². The van der Waals surface area contributed by atoms with E-state index < -0.39 is 0 Å². The molecular weight excluding hydrogens is 204 g/mol. The van der Waals surface area contributed by atoms with Gasteiger partial charge in [-0.1, -0.05) is 18.2 Å². The van der Waals surface area contributed by atoms with Crippen molar-refractivity contribution in [2.24, 2.45) is 0 Å². The molecule has 2 aromatic carbocycles. The van der Waals surface area contributed by atoms with Crippen LogP contribution in [0.15, 0.2) is 47.4 Å². The van der Waals surface area contributed by atoms with Crippen LogP contribution in [0.25, 0.3) is 11.1 Å². The van der Waals surface area contributed by atoms with E-state index in [1.54, 1.807) is 0 Å². The summed E-state index contributed by atoms with van der Waals surface area (Å²) >= 11 is 4.29. The predicted octanol–water partition coefficient (Wildman–Crippen LogP) is 2.81. The second-order valence-electron chi connectivity index (χ2n) is 3.40. The van der Waals surface area contributed by atoms with E-state index in [0.717, 1.165) is 21.7 Å². The Morgan fingerprint density at radius 3 is 2.27 bits per heavy atom. The molecule has 0 heterocycles. The number of nitrogen functional groups attached to an aromatic ring is 2. The van der Waals surface area contributed by atoms with E-state index in [1.807, 2.05) is 42.5 Å². The SMILES string of the molecule is Nc1cccc(-c2ccc(N)c(S)c2)c1. The van der Waals surface area contributed by atoms with Gasteiger partial charge in [-0.25, -0.2) is 0 Å². The Balaban J connectivity index is 2.50. The highest BCUT2D eigenvalue weighted by Crippen LogP contribution is 2.26. The predicted molar refractivity (Wildman–Crippen MR) is 68.0 cm³/mol. The van der Waals surface area contributed by atoms with Gasteiger partial charge in [-0.05, 0) is 35.4 Å². The van der Waals surface area contributed by atoms with Crippen LogP contribution in [-0.2, 0) is 0 Å². The topological polar surface area (TPSA) is 52.0 Å². The molecule has 0 aromatic heterocycles. The number of hydrogen-bond acceptors (Lipinski definition) is 3. The average molecular weight is 216 g/mol. The summed E-state index contributed by atoms with van der Waals surface area (Å²) in [6.07, 6.45) is 0. The first-order chi connectivity index (χ1) is 7.16. The highest BCUT2D eigenvalue weighted by molar-refractivity contribution is 7.80. The number of benzene rings is 2. The molecular formula is C12H12N2S. The molecule has 0 aliphatic heterocycles. The molecule has 0 aliphatic rings. The van der Waals surface area contributed by atoms with Gasteiger partial charge in [-0.15, -0.1) is 12.6 Å². The van der Waals surface area contributed by atoms with Crippen LogP contribution in [0.3, 0.4) is 0 Å². The summed E-state index contributed by atoms with van der Waals surface area (Å²) in [5, 5.41) is 0. The van der Waals surface area contributed by atoms with Crippen LogP contribution >= 0.6 is 12.6 Å². The molecule has 0 fully saturated rings. The highest BCUT2D eigenvalue weighted by atomic mass is 32.1. The lowest BCUT2D eigenvalue weighted by Crippen LogP contribution is -1.88. The van der Waals surface area contributed by atoms with Crippen molar-refractivity contribution in [2.75, 3.05) is 11.5 Å². The molecule has 4 N–H and O–H groups in total. The Hall–Kier alpha value is -1.61. The second kappa shape index (κ2) is 3.87. The summed E-state index contributed by atoms with van der Waals surface area (Å²) < 4.78 is 0. The van der Waals surface area contributed by atoms with E-state index in [1.165, 1.54) is 0 Å². The third kappa shape index (κ3) is 2.07. The van der Waals surface area contributed by atoms with Gasteiger partial charge < -0.3 is 11.5 Å². The van der Waals surface area contributed by atoms with Crippen molar-refractivity contribution in [1.82, 2.24) is 0 Å². The lowest BCUT2D eigenvalue weighted by Gasteiger charge is -2.05. The first-order valence-electron chi connectivity index (χ1n) is 4.61. The minimum Gasteiger partial charge on any atom is -0.399 e. The smallest absolute Gasteiger partial charge is 0.0450 e. The van der Waals surface area contributed by atoms with E-state index >= 15 is 0 Å². The Labute approximate surface area is 94.3 Å². The average Bonchev–Trinajstić information content (AvgIpc) is 2.22. The Morgan fingerprint density at radius 1 is 0.867 bits per heavy atom. The van der Waals surface area contributed by atoms with Gasteiger partial charge in [-0.2, -0.15) is 0 Å². The summed E-state index contributed by atoms with van der Waals surface area (Å²) in [5.41, 5.74) is 15.0. The molecule has 0 saturated carbocycles. The third-order valence-electron chi connectivity index (χ3n) is 2.25. The van der Waals surface area contributed by atoms with Crippen LogP contribution in [0.1, 0.15) is 0 Å². The van der Waals surface area contributed by atoms with Gasteiger partial charge >= 0.3 is 0 Å². The van der Waals surface area contributed by atoms with Crippen LogP contribution in [0.4, 0.5) is 11.4 Å². The Bertz CT molecular complexity index is 495. The van der Waals surface area contributed by atoms with Gasteiger partial charge in [0.25, 0.3) is 0 Å². The highest BCUT2D eigenvalue weighted by Gasteiger charge is 2.00. The van der Waals surface area contributed by atoms with Gasteiger partial charge in [0.15, 0.2) is 0 Å². The number of thiol groups is 1. The lowest BCUT2D eigenvalue weighted by molar-refractivity contribution is 1.46. The molecule has 2 aromatic rings. The van der Waals surface area contributed by atoms with E-state index in [4.69, 9.17) is 11.5 Å². The Kier molecular flexibility index (Phi) is 2.56. The molecule has 0 radical (unpaired) electrons. The maximum Gasteiger partial charge on any atom is 0.0450 e. The summed E-state index contributed by atoms with van der Waals surface area (Å²) in [6.45, 7) is 0. The maximum absolute atomic E-state index is 5.72. The summed E-state index contributed by atoms with van der Waals surface area (Å²) in [7, 11) is 0. The standard InChI is InChI=1S/C12H12N2S/c13-10-3-1-2-8(6-10)9-4-5-11(14)12(15)7-9/h1-7,15H,13-14H2. The van der Waals surface area contributed by atoms with Gasteiger partial charge in [0.1, 0.15) is 0 Å². The van der Waals surface area contributed by atoms with Crippen LogP contribution < -0.4 is 11.5 Å². The second-order valence-corrected chi connectivity index (χ2v) is 3.88. The van der Waals surface area contributed by atoms with E-state index in [-0.39, 0.29) is 0 Å². The third-order valence-corrected chi connectivity index (χ3v) is 2.64. The van der Waals surface area contributed by atoms with Gasteiger partial charge in [-0.3, -0.25) is 0 Å². The molecule has 0 saturated heterocycles. The minimum absolute atomic E-state index is 0.686. The van der Waals surface area contributed by atoms with Gasteiger partial charge in [0, 0.05) is 16.3 Å². The quantitative estimate of drug-likeness (QED) is 0.507. The van der Waals surface area contributed by atoms with Crippen molar-refractivity contribution in [3.8, 4) is 11.1 Å². The van der Waals surface area contributed by atoms with Gasteiger partial charge in [0.05, 0.1) is 0 Å². The first-order valence-corrected chi connectivity index (χ1v) is 5.06. The van der Waals surface area contributed by atoms with Crippen LogP contribution in [0, 0.1) is 0 Å². The number of hydrogen-bond donors (Lipinski definition) is 3. The van der Waals surface area contributed by atoms with Gasteiger partial charge in [0.2, 0.25) is 0 Å². The maximum atomic E-state index is 5.72. The first kappa shape index (κ1) is 9.93. The lowest BCUT2D eigenvalue weighted by atomic mass is 10.0. The number of rotatable bonds is 1. The molecule has 15 heavy (non-hydrogen) atoms. The van der Waals surface area contributed by atoms with E-state index in [0.29, 0.717) is 5.69 Å². The monoisotopic (exact) mass is 216 g/mol. The zero-order valence-corrected chi connectivity index (χ0v) is 9.04. The van der Waals surface area contributed by atoms with E-state index in [9.17, 15) is 0 Å². The molecule has 0 spiro atoms. The van der Waals surface area contributed by atoms with Crippen molar-refractivity contribution in [3.63, 3.8) is 0 Å². The summed E-state index contributed by atoms with van der Waals surface area (Å²) in [5.74, 6) is 0. The fourth-order valence-corrected chi connectivity index (χ4v) is 1.66. The summed E-state index contributed by atoms with van der Waals surface area (Å²) in [4.78, 5) is 0.787.